The van der Waals surface area contributed by atoms with Crippen LogP contribution < -0.4 is 5.32 Å². The van der Waals surface area contributed by atoms with E-state index in [9.17, 15) is 9.59 Å². The highest BCUT2D eigenvalue weighted by Gasteiger charge is 2.15. The lowest BCUT2D eigenvalue weighted by Crippen LogP contribution is -2.37. The first-order valence-corrected chi connectivity index (χ1v) is 6.60. The molecular weight excluding hydrogens is 284 g/mol. The van der Waals surface area contributed by atoms with E-state index in [1.807, 2.05) is 0 Å². The summed E-state index contributed by atoms with van der Waals surface area (Å²) >= 11 is 1.35. The number of thiazole rings is 1. The van der Waals surface area contributed by atoms with Crippen LogP contribution in [0, 0.1) is 0 Å². The summed E-state index contributed by atoms with van der Waals surface area (Å²) in [6.45, 7) is -0.330. The van der Waals surface area contributed by atoms with Gasteiger partial charge >= 0.3 is 5.97 Å². The normalized spacial score (nSPS) is 12.1. The van der Waals surface area contributed by atoms with E-state index in [1.54, 1.807) is 17.5 Å². The van der Waals surface area contributed by atoms with E-state index in [-0.39, 0.29) is 13.0 Å². The molecule has 0 bridgehead atoms. The number of carbonyl (C=O) groups excluding carboxylic acids is 1. The van der Waals surface area contributed by atoms with E-state index in [0.29, 0.717) is 16.5 Å². The minimum atomic E-state index is -1.60. The first kappa shape index (κ1) is 14.2. The summed E-state index contributed by atoms with van der Waals surface area (Å²) in [6, 6.07) is 3.52. The van der Waals surface area contributed by atoms with Crippen LogP contribution in [0.5, 0.6) is 0 Å². The predicted octanol–water partition coefficient (Wildman–Crippen LogP) is 0.507. The van der Waals surface area contributed by atoms with Crippen LogP contribution in [0.15, 0.2) is 28.2 Å². The van der Waals surface area contributed by atoms with Gasteiger partial charge in [-0.1, -0.05) is 0 Å². The van der Waals surface area contributed by atoms with Gasteiger partial charge in [-0.25, -0.2) is 9.78 Å². The van der Waals surface area contributed by atoms with Gasteiger partial charge in [-0.2, -0.15) is 0 Å². The standard InChI is InChI=1S/C12H12N2O5S/c15-8(12(17)18)5-13-10(16)4-7-6-20-11(14-7)9-2-1-3-19-9/h1-3,6,8,15H,4-5H2,(H,13,16)(H,17,18)/t8-/m0/s1. The van der Waals surface area contributed by atoms with Gasteiger partial charge in [0.15, 0.2) is 16.9 Å². The van der Waals surface area contributed by atoms with Crippen molar-refractivity contribution in [3.63, 3.8) is 0 Å². The van der Waals surface area contributed by atoms with Crippen molar-refractivity contribution in [3.05, 3.63) is 29.5 Å². The van der Waals surface area contributed by atoms with Crippen LogP contribution >= 0.6 is 11.3 Å². The highest BCUT2D eigenvalue weighted by Crippen LogP contribution is 2.23. The molecule has 0 radical (unpaired) electrons. The van der Waals surface area contributed by atoms with Crippen molar-refractivity contribution >= 4 is 23.2 Å². The molecule has 106 valence electrons. The number of aromatic nitrogens is 1. The summed E-state index contributed by atoms with van der Waals surface area (Å²) in [5.41, 5.74) is 0.559. The van der Waals surface area contributed by atoms with Crippen LogP contribution in [-0.2, 0) is 16.0 Å². The monoisotopic (exact) mass is 296 g/mol. The van der Waals surface area contributed by atoms with Gasteiger partial charge in [-0.15, -0.1) is 11.3 Å². The number of aliphatic carboxylic acids is 1. The predicted molar refractivity (Wildman–Crippen MR) is 70.2 cm³/mol. The number of rotatable bonds is 6. The van der Waals surface area contributed by atoms with E-state index in [0.717, 1.165) is 0 Å². The zero-order valence-corrected chi connectivity index (χ0v) is 11.1. The molecular formula is C12H12N2O5S. The van der Waals surface area contributed by atoms with Crippen LogP contribution in [0.4, 0.5) is 0 Å². The lowest BCUT2D eigenvalue weighted by atomic mass is 10.3. The average Bonchev–Trinajstić information content (AvgIpc) is 3.05. The number of hydrogen-bond acceptors (Lipinski definition) is 6. The van der Waals surface area contributed by atoms with Gasteiger partial charge in [-0.05, 0) is 12.1 Å². The van der Waals surface area contributed by atoms with Crippen LogP contribution in [0.2, 0.25) is 0 Å². The molecule has 0 spiro atoms. The van der Waals surface area contributed by atoms with Crippen LogP contribution in [0.3, 0.4) is 0 Å². The summed E-state index contributed by atoms with van der Waals surface area (Å²) < 4.78 is 5.19. The van der Waals surface area contributed by atoms with Crippen molar-refractivity contribution in [2.75, 3.05) is 6.54 Å². The number of nitrogens with zero attached hydrogens (tertiary/aromatic N) is 1. The molecule has 20 heavy (non-hydrogen) atoms. The van der Waals surface area contributed by atoms with Gasteiger partial charge in [0.25, 0.3) is 0 Å². The molecule has 0 saturated heterocycles. The first-order valence-electron chi connectivity index (χ1n) is 5.72. The number of aliphatic hydroxyl groups excluding tert-OH is 1. The molecule has 2 rings (SSSR count). The number of carboxylic acids is 1. The van der Waals surface area contributed by atoms with E-state index in [4.69, 9.17) is 14.6 Å². The summed E-state index contributed by atoms with van der Waals surface area (Å²) in [7, 11) is 0. The van der Waals surface area contributed by atoms with Gasteiger partial charge < -0.3 is 19.9 Å². The molecule has 0 fully saturated rings. The Bertz CT molecular complexity index is 593. The van der Waals surface area contributed by atoms with Crippen molar-refractivity contribution in [3.8, 4) is 10.8 Å². The Balaban J connectivity index is 1.87. The van der Waals surface area contributed by atoms with E-state index >= 15 is 0 Å². The number of furan rings is 1. The number of amides is 1. The zero-order valence-electron chi connectivity index (χ0n) is 10.3. The van der Waals surface area contributed by atoms with Crippen LogP contribution in [0.25, 0.3) is 10.8 Å². The van der Waals surface area contributed by atoms with Crippen LogP contribution in [0.1, 0.15) is 5.69 Å². The second kappa shape index (κ2) is 6.31. The largest absolute Gasteiger partial charge is 0.479 e. The number of hydrogen-bond donors (Lipinski definition) is 3. The molecule has 2 aromatic rings. The molecule has 0 saturated carbocycles. The number of carbonyl (C=O) groups is 2. The van der Waals surface area contributed by atoms with Crippen molar-refractivity contribution in [1.82, 2.24) is 10.3 Å². The maximum absolute atomic E-state index is 11.6. The smallest absolute Gasteiger partial charge is 0.334 e. The zero-order chi connectivity index (χ0) is 14.5. The molecule has 0 unspecified atom stereocenters. The molecule has 0 aliphatic rings. The molecule has 0 aliphatic carbocycles. The van der Waals surface area contributed by atoms with Gasteiger partial charge in [0.05, 0.1) is 24.9 Å². The summed E-state index contributed by atoms with van der Waals surface area (Å²) in [4.78, 5) is 26.2. The molecule has 7 nitrogen and oxygen atoms in total. The SMILES string of the molecule is O=C(Cc1csc(-c2ccco2)n1)NC[C@H](O)C(=O)O. The molecule has 2 aromatic heterocycles. The summed E-state index contributed by atoms with van der Waals surface area (Å²) in [5, 5.41) is 22.2. The fraction of sp³-hybridized carbons (Fsp3) is 0.250. The summed E-state index contributed by atoms with van der Waals surface area (Å²) in [6.07, 6.45) is -0.0481. The molecule has 0 aliphatic heterocycles. The Labute approximate surface area is 117 Å². The minimum absolute atomic E-state index is 0.0174. The van der Waals surface area contributed by atoms with Crippen molar-refractivity contribution in [2.24, 2.45) is 0 Å². The van der Waals surface area contributed by atoms with E-state index in [2.05, 4.69) is 10.3 Å². The Morgan fingerprint density at radius 3 is 2.95 bits per heavy atom. The minimum Gasteiger partial charge on any atom is -0.479 e. The topological polar surface area (TPSA) is 113 Å². The Kier molecular flexibility index (Phi) is 4.49. The van der Waals surface area contributed by atoms with E-state index in [1.165, 1.54) is 17.6 Å². The third-order valence-corrected chi connectivity index (χ3v) is 3.31. The third kappa shape index (κ3) is 3.65. The fourth-order valence-corrected chi connectivity index (χ4v) is 2.21. The fourth-order valence-electron chi connectivity index (χ4n) is 1.43. The van der Waals surface area contributed by atoms with Gasteiger partial charge in [-0.3, -0.25) is 4.79 Å². The highest BCUT2D eigenvalue weighted by atomic mass is 32.1. The lowest BCUT2D eigenvalue weighted by molar-refractivity contribution is -0.146. The molecule has 3 N–H and O–H groups in total. The van der Waals surface area contributed by atoms with Gasteiger partial charge in [0, 0.05) is 5.38 Å². The highest BCUT2D eigenvalue weighted by molar-refractivity contribution is 7.13. The lowest BCUT2D eigenvalue weighted by Gasteiger charge is -2.06. The Morgan fingerprint density at radius 2 is 2.30 bits per heavy atom. The quantitative estimate of drug-likeness (QED) is 0.716. The molecule has 8 heteroatoms. The molecule has 1 atom stereocenters. The molecule has 0 aromatic carbocycles. The molecule has 2 heterocycles. The Morgan fingerprint density at radius 1 is 1.50 bits per heavy atom. The van der Waals surface area contributed by atoms with E-state index < -0.39 is 18.0 Å². The van der Waals surface area contributed by atoms with Gasteiger partial charge in [0.2, 0.25) is 5.91 Å². The molecule has 1 amide bonds. The second-order valence-corrected chi connectivity index (χ2v) is 4.81. The summed E-state index contributed by atoms with van der Waals surface area (Å²) in [5.74, 6) is -1.15. The number of carboxylic acid groups (broad SMARTS) is 1. The average molecular weight is 296 g/mol. The van der Waals surface area contributed by atoms with Crippen LogP contribution in [-0.4, -0.2) is 39.7 Å². The van der Waals surface area contributed by atoms with Crippen molar-refractivity contribution in [2.45, 2.75) is 12.5 Å². The second-order valence-electron chi connectivity index (χ2n) is 3.96. The maximum Gasteiger partial charge on any atom is 0.334 e. The van der Waals surface area contributed by atoms with Crippen molar-refractivity contribution < 1.29 is 24.2 Å². The third-order valence-electron chi connectivity index (χ3n) is 2.40. The number of nitrogens with one attached hydrogen (secondary N) is 1. The number of aliphatic hydroxyl groups is 1. The Hall–Kier alpha value is -2.19. The van der Waals surface area contributed by atoms with Gasteiger partial charge in [0.1, 0.15) is 0 Å². The first-order chi connectivity index (χ1) is 9.56. The van der Waals surface area contributed by atoms with Crippen molar-refractivity contribution in [1.29, 1.82) is 0 Å². The maximum atomic E-state index is 11.6.